The Balaban J connectivity index is 1.46. The highest BCUT2D eigenvalue weighted by atomic mass is 32.2. The Morgan fingerprint density at radius 1 is 0.943 bits per heavy atom. The number of para-hydroxylation sites is 1. The van der Waals surface area contributed by atoms with Crippen LogP contribution in [0, 0.1) is 6.92 Å². The molecule has 178 valence electrons. The molecule has 0 saturated carbocycles. The number of hydrogen-bond donors (Lipinski definition) is 3. The molecule has 1 heterocycles. The fourth-order valence-electron chi connectivity index (χ4n) is 3.39. The predicted molar refractivity (Wildman–Crippen MR) is 136 cm³/mol. The maximum atomic E-state index is 13.3. The molecule has 35 heavy (non-hydrogen) atoms. The van der Waals surface area contributed by atoms with Crippen LogP contribution in [0.1, 0.15) is 16.8 Å². The van der Waals surface area contributed by atoms with Gasteiger partial charge in [-0.1, -0.05) is 72.8 Å². The summed E-state index contributed by atoms with van der Waals surface area (Å²) in [5.74, 6) is -0.339. The van der Waals surface area contributed by atoms with E-state index in [4.69, 9.17) is 4.74 Å². The van der Waals surface area contributed by atoms with Gasteiger partial charge in [-0.05, 0) is 41.9 Å². The van der Waals surface area contributed by atoms with Gasteiger partial charge in [-0.15, -0.1) is 0 Å². The number of nitrogens with zero attached hydrogens (tertiary/aromatic N) is 1. The lowest BCUT2D eigenvalue weighted by molar-refractivity contribution is -0.118. The van der Waals surface area contributed by atoms with E-state index in [1.165, 1.54) is 11.8 Å². The molecule has 0 fully saturated rings. The third-order valence-corrected chi connectivity index (χ3v) is 6.11. The number of anilines is 1. The van der Waals surface area contributed by atoms with Crippen LogP contribution in [-0.4, -0.2) is 28.0 Å². The van der Waals surface area contributed by atoms with E-state index in [0.29, 0.717) is 12.1 Å². The lowest BCUT2D eigenvalue weighted by Crippen LogP contribution is -2.45. The summed E-state index contributed by atoms with van der Waals surface area (Å²) >= 11 is 1.42. The Hall–Kier alpha value is -4.04. The molecule has 8 heteroatoms. The first-order valence-electron chi connectivity index (χ1n) is 11.2. The van der Waals surface area contributed by atoms with Crippen LogP contribution < -0.4 is 10.6 Å². The van der Waals surface area contributed by atoms with E-state index in [2.05, 4.69) is 20.6 Å². The molecule has 0 aliphatic heterocycles. The summed E-state index contributed by atoms with van der Waals surface area (Å²) in [7, 11) is 0. The molecule has 0 aliphatic carbocycles. The molecule has 3 N–H and O–H groups in total. The average Bonchev–Trinajstić information content (AvgIpc) is 3.29. The maximum Gasteiger partial charge on any atom is 0.408 e. The fraction of sp³-hybridized carbons (Fsp3) is 0.148. The zero-order valence-electron chi connectivity index (χ0n) is 19.2. The number of rotatable bonds is 9. The van der Waals surface area contributed by atoms with Crippen molar-refractivity contribution in [1.29, 1.82) is 0 Å². The minimum Gasteiger partial charge on any atom is -0.445 e. The number of aryl methyl sites for hydroxylation is 1. The molecular weight excluding hydrogens is 460 g/mol. The number of aromatic amines is 1. The van der Waals surface area contributed by atoms with Gasteiger partial charge in [0.2, 0.25) is 5.91 Å². The quantitative estimate of drug-likeness (QED) is 0.297. The third-order valence-electron chi connectivity index (χ3n) is 5.14. The van der Waals surface area contributed by atoms with Crippen molar-refractivity contribution in [2.75, 3.05) is 5.32 Å². The van der Waals surface area contributed by atoms with Gasteiger partial charge in [0.1, 0.15) is 12.6 Å². The standard InChI is InChI=1S/C27H26N4O3S/c1-19-17-28-26(29-19)35-24-15-9-8-14-22(24)30-25(32)23(16-20-10-4-2-5-11-20)31-27(33)34-18-21-12-6-3-7-13-21/h2-15,17,23H,16,18H2,1H3,(H,28,29)(H,30,32)(H,31,33)/t23-/m0/s1. The summed E-state index contributed by atoms with van der Waals surface area (Å²) in [6, 6.07) is 25.6. The van der Waals surface area contributed by atoms with Crippen molar-refractivity contribution in [2.45, 2.75) is 36.0 Å². The summed E-state index contributed by atoms with van der Waals surface area (Å²) in [6.45, 7) is 2.05. The van der Waals surface area contributed by atoms with Gasteiger partial charge >= 0.3 is 6.09 Å². The number of imidazole rings is 1. The minimum atomic E-state index is -0.829. The number of carbonyl (C=O) groups excluding carboxylic acids is 2. The highest BCUT2D eigenvalue weighted by Gasteiger charge is 2.23. The first kappa shape index (κ1) is 24.1. The van der Waals surface area contributed by atoms with Crippen LogP contribution in [0.4, 0.5) is 10.5 Å². The fourth-order valence-corrected chi connectivity index (χ4v) is 4.29. The first-order valence-corrected chi connectivity index (χ1v) is 12.0. The number of amides is 2. The molecule has 1 atom stereocenters. The van der Waals surface area contributed by atoms with Crippen LogP contribution in [-0.2, 0) is 22.6 Å². The third kappa shape index (κ3) is 7.22. The normalized spacial score (nSPS) is 11.5. The number of H-pyrrole nitrogens is 1. The van der Waals surface area contributed by atoms with E-state index in [1.54, 1.807) is 6.20 Å². The van der Waals surface area contributed by atoms with Crippen molar-refractivity contribution >= 4 is 29.4 Å². The predicted octanol–water partition coefficient (Wildman–Crippen LogP) is 5.35. The zero-order chi connectivity index (χ0) is 24.5. The Morgan fingerprint density at radius 3 is 2.29 bits per heavy atom. The molecule has 3 aromatic carbocycles. The highest BCUT2D eigenvalue weighted by Crippen LogP contribution is 2.31. The van der Waals surface area contributed by atoms with Crippen LogP contribution in [0.5, 0.6) is 0 Å². The van der Waals surface area contributed by atoms with Crippen molar-refractivity contribution in [3.8, 4) is 0 Å². The van der Waals surface area contributed by atoms with Gasteiger partial charge < -0.3 is 20.4 Å². The van der Waals surface area contributed by atoms with Crippen molar-refractivity contribution in [2.24, 2.45) is 0 Å². The number of carbonyl (C=O) groups is 2. The van der Waals surface area contributed by atoms with Gasteiger partial charge in [-0.25, -0.2) is 9.78 Å². The van der Waals surface area contributed by atoms with Gasteiger partial charge in [-0.2, -0.15) is 0 Å². The van der Waals surface area contributed by atoms with Crippen LogP contribution in [0.3, 0.4) is 0 Å². The average molecular weight is 487 g/mol. The van der Waals surface area contributed by atoms with Crippen molar-refractivity contribution < 1.29 is 14.3 Å². The van der Waals surface area contributed by atoms with E-state index in [-0.39, 0.29) is 12.5 Å². The van der Waals surface area contributed by atoms with Gasteiger partial charge in [0.05, 0.1) is 5.69 Å². The van der Waals surface area contributed by atoms with Gasteiger partial charge in [-0.3, -0.25) is 4.79 Å². The van der Waals surface area contributed by atoms with Gasteiger partial charge in [0, 0.05) is 23.2 Å². The Labute approximate surface area is 208 Å². The Kier molecular flexibility index (Phi) is 8.19. The molecule has 0 radical (unpaired) electrons. The summed E-state index contributed by atoms with van der Waals surface area (Å²) in [5, 5.41) is 6.42. The summed E-state index contributed by atoms with van der Waals surface area (Å²) in [5.41, 5.74) is 3.37. The summed E-state index contributed by atoms with van der Waals surface area (Å²) < 4.78 is 5.36. The molecule has 4 aromatic rings. The number of benzene rings is 3. The van der Waals surface area contributed by atoms with E-state index in [0.717, 1.165) is 26.9 Å². The summed E-state index contributed by atoms with van der Waals surface area (Å²) in [4.78, 5) is 34.2. The molecule has 0 unspecified atom stereocenters. The summed E-state index contributed by atoms with van der Waals surface area (Å²) in [6.07, 6.45) is 1.42. The molecular formula is C27H26N4O3S. The molecule has 7 nitrogen and oxygen atoms in total. The smallest absolute Gasteiger partial charge is 0.408 e. The van der Waals surface area contributed by atoms with Crippen molar-refractivity contribution in [3.63, 3.8) is 0 Å². The highest BCUT2D eigenvalue weighted by molar-refractivity contribution is 7.99. The lowest BCUT2D eigenvalue weighted by atomic mass is 10.1. The van der Waals surface area contributed by atoms with Gasteiger partial charge in [0.25, 0.3) is 0 Å². The number of ether oxygens (including phenoxy) is 1. The van der Waals surface area contributed by atoms with Gasteiger partial charge in [0.15, 0.2) is 5.16 Å². The van der Waals surface area contributed by atoms with Crippen LogP contribution in [0.25, 0.3) is 0 Å². The molecule has 1 aromatic heterocycles. The Bertz CT molecular complexity index is 1260. The second-order valence-corrected chi connectivity index (χ2v) is 8.94. The molecule has 2 amide bonds. The first-order chi connectivity index (χ1) is 17.1. The van der Waals surface area contributed by atoms with E-state index in [9.17, 15) is 9.59 Å². The topological polar surface area (TPSA) is 96.1 Å². The van der Waals surface area contributed by atoms with Crippen LogP contribution in [0.2, 0.25) is 0 Å². The van der Waals surface area contributed by atoms with Crippen molar-refractivity contribution in [3.05, 3.63) is 108 Å². The van der Waals surface area contributed by atoms with E-state index >= 15 is 0 Å². The molecule has 0 saturated heterocycles. The number of aromatic nitrogens is 2. The SMILES string of the molecule is Cc1cnc(Sc2ccccc2NC(=O)[C@H](Cc2ccccc2)NC(=O)OCc2ccccc2)[nH]1. The molecule has 0 spiro atoms. The molecule has 0 bridgehead atoms. The van der Waals surface area contributed by atoms with Crippen molar-refractivity contribution in [1.82, 2.24) is 15.3 Å². The van der Waals surface area contributed by atoms with E-state index in [1.807, 2.05) is 91.9 Å². The number of nitrogens with one attached hydrogen (secondary N) is 3. The Morgan fingerprint density at radius 2 is 1.60 bits per heavy atom. The van der Waals surface area contributed by atoms with Crippen LogP contribution in [0.15, 0.2) is 101 Å². The zero-order valence-corrected chi connectivity index (χ0v) is 20.0. The largest absolute Gasteiger partial charge is 0.445 e. The second-order valence-electron chi connectivity index (χ2n) is 7.91. The van der Waals surface area contributed by atoms with Crippen LogP contribution >= 0.6 is 11.8 Å². The number of hydrogen-bond acceptors (Lipinski definition) is 5. The maximum absolute atomic E-state index is 13.3. The molecule has 4 rings (SSSR count). The molecule has 0 aliphatic rings. The minimum absolute atomic E-state index is 0.119. The number of alkyl carbamates (subject to hydrolysis) is 1. The monoisotopic (exact) mass is 486 g/mol. The second kappa shape index (κ2) is 11.9. The lowest BCUT2D eigenvalue weighted by Gasteiger charge is -2.19. The van der Waals surface area contributed by atoms with E-state index < -0.39 is 12.1 Å².